The van der Waals surface area contributed by atoms with Crippen LogP contribution in [0.2, 0.25) is 0 Å². The first-order valence-corrected chi connectivity index (χ1v) is 9.22. The first-order chi connectivity index (χ1) is 13.0. The Morgan fingerprint density at radius 3 is 2.74 bits per heavy atom. The molecule has 1 atom stereocenters. The van der Waals surface area contributed by atoms with Gasteiger partial charge in [-0.2, -0.15) is 0 Å². The standard InChI is InChI=1S/C19H15N3O4S/c1-10-18(26)22-17(20-10)12-4-2-3-5-13(12)21-19(22)27-9-16(25)11-6-7-14(23)15(24)8-11/h2-8,10,23-24H,9H2,1H3. The van der Waals surface area contributed by atoms with E-state index in [1.54, 1.807) is 6.92 Å². The maximum Gasteiger partial charge on any atom is 0.258 e. The zero-order valence-corrected chi connectivity index (χ0v) is 15.1. The van der Waals surface area contributed by atoms with Gasteiger partial charge in [0.05, 0.1) is 11.4 Å². The van der Waals surface area contributed by atoms with Crippen LogP contribution in [0.25, 0.3) is 0 Å². The fourth-order valence-electron chi connectivity index (χ4n) is 2.88. The van der Waals surface area contributed by atoms with E-state index in [-0.39, 0.29) is 34.5 Å². The summed E-state index contributed by atoms with van der Waals surface area (Å²) >= 11 is 1.14. The third kappa shape index (κ3) is 2.97. The monoisotopic (exact) mass is 381 g/mol. The van der Waals surface area contributed by atoms with Gasteiger partial charge in [-0.05, 0) is 37.3 Å². The van der Waals surface area contributed by atoms with E-state index in [1.165, 1.54) is 23.1 Å². The summed E-state index contributed by atoms with van der Waals surface area (Å²) < 4.78 is 0. The summed E-state index contributed by atoms with van der Waals surface area (Å²) in [7, 11) is 0. The molecule has 0 saturated heterocycles. The zero-order valence-electron chi connectivity index (χ0n) is 14.3. The summed E-state index contributed by atoms with van der Waals surface area (Å²) in [6, 6.07) is 10.8. The molecule has 0 radical (unpaired) electrons. The summed E-state index contributed by atoms with van der Waals surface area (Å²) in [4.78, 5) is 35.4. The fraction of sp³-hybridized carbons (Fsp3) is 0.158. The van der Waals surface area contributed by atoms with E-state index in [2.05, 4.69) is 9.98 Å². The minimum absolute atomic E-state index is 0.0245. The second kappa shape index (κ2) is 6.55. The number of para-hydroxylation sites is 1. The van der Waals surface area contributed by atoms with Crippen molar-refractivity contribution in [1.82, 2.24) is 4.90 Å². The number of amides is 1. The molecule has 1 unspecified atom stereocenters. The van der Waals surface area contributed by atoms with E-state index in [0.717, 1.165) is 17.3 Å². The van der Waals surface area contributed by atoms with Gasteiger partial charge in [0.1, 0.15) is 11.9 Å². The van der Waals surface area contributed by atoms with Gasteiger partial charge in [-0.3, -0.25) is 14.6 Å². The normalized spacial score (nSPS) is 17.9. The minimum Gasteiger partial charge on any atom is -0.504 e. The summed E-state index contributed by atoms with van der Waals surface area (Å²) in [5, 5.41) is 19.3. The lowest BCUT2D eigenvalue weighted by Crippen LogP contribution is -2.40. The third-order valence-corrected chi connectivity index (χ3v) is 5.23. The van der Waals surface area contributed by atoms with Crippen LogP contribution in [-0.4, -0.2) is 49.6 Å². The largest absolute Gasteiger partial charge is 0.504 e. The topological polar surface area (TPSA) is 103 Å². The number of phenols is 2. The lowest BCUT2D eigenvalue weighted by atomic mass is 10.1. The number of thioether (sulfide) groups is 1. The number of rotatable bonds is 3. The van der Waals surface area contributed by atoms with Gasteiger partial charge in [0, 0.05) is 11.1 Å². The Bertz CT molecular complexity index is 1030. The molecule has 2 N–H and O–H groups in total. The predicted molar refractivity (Wildman–Crippen MR) is 103 cm³/mol. The number of carbonyl (C=O) groups excluding carboxylic acids is 2. The molecule has 0 saturated carbocycles. The molecule has 0 aromatic heterocycles. The van der Waals surface area contributed by atoms with Gasteiger partial charge in [-0.1, -0.05) is 23.9 Å². The highest BCUT2D eigenvalue weighted by molar-refractivity contribution is 8.14. The summed E-state index contributed by atoms with van der Waals surface area (Å²) in [6.07, 6.45) is 0. The Hall–Kier alpha value is -3.13. The van der Waals surface area contributed by atoms with Crippen LogP contribution in [0.3, 0.4) is 0 Å². The van der Waals surface area contributed by atoms with E-state index < -0.39 is 6.04 Å². The average molecular weight is 381 g/mol. The lowest BCUT2D eigenvalue weighted by Gasteiger charge is -2.25. The van der Waals surface area contributed by atoms with Crippen molar-refractivity contribution < 1.29 is 19.8 Å². The Morgan fingerprint density at radius 1 is 1.19 bits per heavy atom. The molecule has 8 heteroatoms. The van der Waals surface area contributed by atoms with Crippen molar-refractivity contribution in [2.24, 2.45) is 9.98 Å². The van der Waals surface area contributed by atoms with Crippen LogP contribution in [-0.2, 0) is 4.79 Å². The number of Topliss-reactive ketones (excluding diaryl/α,β-unsaturated/α-hetero) is 1. The number of hydrogen-bond acceptors (Lipinski definition) is 7. The van der Waals surface area contributed by atoms with Crippen molar-refractivity contribution in [3.05, 3.63) is 53.6 Å². The number of amidine groups is 2. The van der Waals surface area contributed by atoms with Crippen molar-refractivity contribution in [2.45, 2.75) is 13.0 Å². The number of aromatic hydroxyl groups is 2. The van der Waals surface area contributed by atoms with Crippen molar-refractivity contribution in [3.8, 4) is 11.5 Å². The molecule has 2 heterocycles. The van der Waals surface area contributed by atoms with E-state index in [4.69, 9.17) is 0 Å². The van der Waals surface area contributed by atoms with Crippen LogP contribution in [0.15, 0.2) is 52.4 Å². The predicted octanol–water partition coefficient (Wildman–Crippen LogP) is 2.69. The van der Waals surface area contributed by atoms with E-state index >= 15 is 0 Å². The Balaban J connectivity index is 1.60. The molecule has 2 aliphatic heterocycles. The van der Waals surface area contributed by atoms with Gasteiger partial charge in [0.25, 0.3) is 5.91 Å². The van der Waals surface area contributed by atoms with Gasteiger partial charge in [-0.15, -0.1) is 0 Å². The number of fused-ring (bicyclic) bond motifs is 3. The van der Waals surface area contributed by atoms with Crippen molar-refractivity contribution in [2.75, 3.05) is 5.75 Å². The molecule has 4 rings (SSSR count). The Labute approximate surface area is 159 Å². The first kappa shape index (κ1) is 17.3. The molecular weight excluding hydrogens is 366 g/mol. The third-order valence-electron chi connectivity index (χ3n) is 4.29. The van der Waals surface area contributed by atoms with Gasteiger partial charge in [0.2, 0.25) is 0 Å². The number of hydrogen-bond donors (Lipinski definition) is 2. The smallest absolute Gasteiger partial charge is 0.258 e. The highest BCUT2D eigenvalue weighted by atomic mass is 32.2. The molecule has 0 aliphatic carbocycles. The zero-order chi connectivity index (χ0) is 19.1. The molecule has 0 bridgehead atoms. The molecule has 7 nitrogen and oxygen atoms in total. The maximum absolute atomic E-state index is 12.5. The number of aliphatic imine (C=N–C) groups is 2. The number of benzene rings is 2. The second-order valence-electron chi connectivity index (χ2n) is 6.13. The van der Waals surface area contributed by atoms with Crippen LogP contribution in [0.4, 0.5) is 5.69 Å². The quantitative estimate of drug-likeness (QED) is 0.629. The molecule has 1 amide bonds. The van der Waals surface area contributed by atoms with Crippen molar-refractivity contribution in [3.63, 3.8) is 0 Å². The Kier molecular flexibility index (Phi) is 4.19. The molecule has 27 heavy (non-hydrogen) atoms. The Morgan fingerprint density at radius 2 is 1.96 bits per heavy atom. The lowest BCUT2D eigenvalue weighted by molar-refractivity contribution is -0.124. The summed E-state index contributed by atoms with van der Waals surface area (Å²) in [6.45, 7) is 1.73. The molecular formula is C19H15N3O4S. The number of nitrogens with zero attached hydrogens (tertiary/aromatic N) is 3. The number of ketones is 1. The summed E-state index contributed by atoms with van der Waals surface area (Å²) in [5.74, 6) is -0.500. The van der Waals surface area contributed by atoms with Crippen molar-refractivity contribution in [1.29, 1.82) is 0 Å². The van der Waals surface area contributed by atoms with Gasteiger partial charge < -0.3 is 10.2 Å². The van der Waals surface area contributed by atoms with Crippen LogP contribution in [0, 0.1) is 0 Å². The number of carbonyl (C=O) groups is 2. The van der Waals surface area contributed by atoms with Gasteiger partial charge in [0.15, 0.2) is 22.4 Å². The highest BCUT2D eigenvalue weighted by Crippen LogP contribution is 2.33. The first-order valence-electron chi connectivity index (χ1n) is 8.23. The van der Waals surface area contributed by atoms with E-state index in [9.17, 15) is 19.8 Å². The van der Waals surface area contributed by atoms with Crippen LogP contribution < -0.4 is 0 Å². The highest BCUT2D eigenvalue weighted by Gasteiger charge is 2.39. The van der Waals surface area contributed by atoms with Gasteiger partial charge in [-0.25, -0.2) is 9.89 Å². The average Bonchev–Trinajstić information content (AvgIpc) is 2.97. The second-order valence-corrected chi connectivity index (χ2v) is 7.07. The van der Waals surface area contributed by atoms with E-state index in [0.29, 0.717) is 16.7 Å². The van der Waals surface area contributed by atoms with Crippen LogP contribution >= 0.6 is 11.8 Å². The molecule has 2 aliphatic rings. The molecule has 0 spiro atoms. The fourth-order valence-corrected chi connectivity index (χ4v) is 3.78. The van der Waals surface area contributed by atoms with Crippen LogP contribution in [0.5, 0.6) is 11.5 Å². The molecule has 0 fully saturated rings. The van der Waals surface area contributed by atoms with E-state index in [1.807, 2.05) is 24.3 Å². The van der Waals surface area contributed by atoms with Gasteiger partial charge >= 0.3 is 0 Å². The molecule has 2 aromatic rings. The molecule has 136 valence electrons. The molecule has 2 aromatic carbocycles. The van der Waals surface area contributed by atoms with Crippen molar-refractivity contribution >= 4 is 40.1 Å². The number of phenolic OH excluding ortho intramolecular Hbond substituents is 2. The van der Waals surface area contributed by atoms with Crippen LogP contribution in [0.1, 0.15) is 22.8 Å². The summed E-state index contributed by atoms with van der Waals surface area (Å²) in [5.41, 5.74) is 1.76. The maximum atomic E-state index is 12.5. The minimum atomic E-state index is -0.498. The SMILES string of the molecule is CC1N=C2c3ccccc3N=C(SCC(=O)c3ccc(O)c(O)c3)N2C1=O.